The van der Waals surface area contributed by atoms with Crippen LogP contribution in [0.2, 0.25) is 0 Å². The minimum absolute atomic E-state index is 0.545. The number of aromatic nitrogens is 1. The molecule has 1 N–H and O–H groups in total. The molecule has 1 fully saturated rings. The molecule has 4 heteroatoms. The van der Waals surface area contributed by atoms with Gasteiger partial charge in [0.2, 0.25) is 0 Å². The monoisotopic (exact) mass is 263 g/mol. The Bertz CT molecular complexity index is 377. The molecular formula is C15H25N3O. The molecule has 0 bridgehead atoms. The molecule has 0 amide bonds. The number of ether oxygens (including phenoxy) is 1. The number of nitrogens with one attached hydrogen (secondary N) is 1. The molecule has 1 saturated heterocycles. The van der Waals surface area contributed by atoms with E-state index in [0.717, 1.165) is 57.1 Å². The number of hydrogen-bond acceptors (Lipinski definition) is 4. The molecule has 2 rings (SSSR count). The van der Waals surface area contributed by atoms with Gasteiger partial charge in [-0.3, -0.25) is 9.88 Å². The number of hydrogen-bond donors (Lipinski definition) is 1. The smallest absolute Gasteiger partial charge is 0.0622 e. The highest BCUT2D eigenvalue weighted by Gasteiger charge is 2.20. The highest BCUT2D eigenvalue weighted by atomic mass is 16.5. The summed E-state index contributed by atoms with van der Waals surface area (Å²) >= 11 is 0. The van der Waals surface area contributed by atoms with E-state index in [1.807, 2.05) is 0 Å². The lowest BCUT2D eigenvalue weighted by molar-refractivity contribution is 0.155. The topological polar surface area (TPSA) is 37.4 Å². The normalized spacial score (nSPS) is 19.2. The molecule has 106 valence electrons. The Balaban J connectivity index is 1.86. The molecule has 0 spiro atoms. The quantitative estimate of drug-likeness (QED) is 0.761. The van der Waals surface area contributed by atoms with Crippen LogP contribution in [0, 0.1) is 0 Å². The molecule has 1 unspecified atom stereocenters. The summed E-state index contributed by atoms with van der Waals surface area (Å²) in [6.45, 7) is 6.73. The van der Waals surface area contributed by atoms with Crippen LogP contribution in [0.25, 0.3) is 0 Å². The maximum Gasteiger partial charge on any atom is 0.0622 e. The van der Waals surface area contributed by atoms with Crippen molar-refractivity contribution in [1.29, 1.82) is 0 Å². The second-order valence-corrected chi connectivity index (χ2v) is 5.23. The average molecular weight is 263 g/mol. The summed E-state index contributed by atoms with van der Waals surface area (Å²) in [6.07, 6.45) is 2.29. The molecule has 1 aromatic heterocycles. The van der Waals surface area contributed by atoms with E-state index in [0.29, 0.717) is 6.04 Å². The molecule has 1 aliphatic heterocycles. The van der Waals surface area contributed by atoms with Gasteiger partial charge in [0.15, 0.2) is 0 Å². The number of nitrogens with zero attached hydrogens (tertiary/aromatic N) is 2. The summed E-state index contributed by atoms with van der Waals surface area (Å²) in [5.74, 6) is 0. The molecule has 2 heterocycles. The van der Waals surface area contributed by atoms with Gasteiger partial charge in [0, 0.05) is 25.7 Å². The van der Waals surface area contributed by atoms with E-state index in [9.17, 15) is 0 Å². The first kappa shape index (κ1) is 14.4. The van der Waals surface area contributed by atoms with E-state index in [4.69, 9.17) is 9.72 Å². The van der Waals surface area contributed by atoms with Gasteiger partial charge >= 0.3 is 0 Å². The third-order valence-corrected chi connectivity index (χ3v) is 3.54. The molecule has 4 nitrogen and oxygen atoms in total. The Labute approximate surface area is 116 Å². The Morgan fingerprint density at radius 1 is 1.42 bits per heavy atom. The maximum absolute atomic E-state index is 5.43. The SMILES string of the molecule is CCCNCc1cccc(CN(C)C2CCOC2)n1. The van der Waals surface area contributed by atoms with Crippen molar-refractivity contribution < 1.29 is 4.74 Å². The van der Waals surface area contributed by atoms with E-state index >= 15 is 0 Å². The zero-order valence-corrected chi connectivity index (χ0v) is 12.1. The van der Waals surface area contributed by atoms with Gasteiger partial charge in [0.1, 0.15) is 0 Å². The van der Waals surface area contributed by atoms with Crippen molar-refractivity contribution in [2.24, 2.45) is 0 Å². The van der Waals surface area contributed by atoms with Crippen molar-refractivity contribution in [3.8, 4) is 0 Å². The summed E-state index contributed by atoms with van der Waals surface area (Å²) in [6, 6.07) is 6.84. The Morgan fingerprint density at radius 3 is 3.00 bits per heavy atom. The Morgan fingerprint density at radius 2 is 2.26 bits per heavy atom. The van der Waals surface area contributed by atoms with Crippen LogP contribution in [0.1, 0.15) is 31.2 Å². The fourth-order valence-electron chi connectivity index (χ4n) is 2.36. The molecular weight excluding hydrogens is 238 g/mol. The number of rotatable bonds is 7. The van der Waals surface area contributed by atoms with Crippen LogP contribution in [0.5, 0.6) is 0 Å². The van der Waals surface area contributed by atoms with Gasteiger partial charge in [-0.1, -0.05) is 13.0 Å². The lowest BCUT2D eigenvalue weighted by Crippen LogP contribution is -2.31. The highest BCUT2D eigenvalue weighted by Crippen LogP contribution is 2.13. The zero-order chi connectivity index (χ0) is 13.5. The van der Waals surface area contributed by atoms with E-state index in [-0.39, 0.29) is 0 Å². The van der Waals surface area contributed by atoms with Gasteiger partial charge in [-0.15, -0.1) is 0 Å². The van der Waals surface area contributed by atoms with Gasteiger partial charge < -0.3 is 10.1 Å². The highest BCUT2D eigenvalue weighted by molar-refractivity contribution is 5.11. The van der Waals surface area contributed by atoms with Crippen LogP contribution in [0.3, 0.4) is 0 Å². The minimum atomic E-state index is 0.545. The van der Waals surface area contributed by atoms with Gasteiger partial charge in [-0.25, -0.2) is 0 Å². The third-order valence-electron chi connectivity index (χ3n) is 3.54. The van der Waals surface area contributed by atoms with Gasteiger partial charge in [-0.2, -0.15) is 0 Å². The van der Waals surface area contributed by atoms with E-state index in [2.05, 4.69) is 42.4 Å². The van der Waals surface area contributed by atoms with Gasteiger partial charge in [-0.05, 0) is 38.6 Å². The predicted molar refractivity (Wildman–Crippen MR) is 76.9 cm³/mol. The second-order valence-electron chi connectivity index (χ2n) is 5.23. The van der Waals surface area contributed by atoms with Crippen molar-refractivity contribution in [3.05, 3.63) is 29.6 Å². The van der Waals surface area contributed by atoms with Gasteiger partial charge in [0.25, 0.3) is 0 Å². The third kappa shape index (κ3) is 4.56. The van der Waals surface area contributed by atoms with Gasteiger partial charge in [0.05, 0.1) is 18.0 Å². The summed E-state index contributed by atoms with van der Waals surface area (Å²) in [5.41, 5.74) is 2.27. The molecule has 0 saturated carbocycles. The first-order valence-corrected chi connectivity index (χ1v) is 7.23. The largest absolute Gasteiger partial charge is 0.380 e. The summed E-state index contributed by atoms with van der Waals surface area (Å²) in [7, 11) is 2.16. The molecule has 0 aliphatic carbocycles. The summed E-state index contributed by atoms with van der Waals surface area (Å²) in [5, 5.41) is 3.39. The molecule has 1 aliphatic rings. The van der Waals surface area contributed by atoms with Crippen LogP contribution in [0.15, 0.2) is 18.2 Å². The van der Waals surface area contributed by atoms with Crippen molar-refractivity contribution in [1.82, 2.24) is 15.2 Å². The van der Waals surface area contributed by atoms with Crippen LogP contribution in [-0.4, -0.2) is 42.7 Å². The van der Waals surface area contributed by atoms with Crippen LogP contribution in [-0.2, 0) is 17.8 Å². The molecule has 1 aromatic rings. The second kappa shape index (κ2) is 7.58. The van der Waals surface area contributed by atoms with Crippen LogP contribution >= 0.6 is 0 Å². The average Bonchev–Trinajstić information content (AvgIpc) is 2.93. The number of likely N-dealkylation sites (N-methyl/N-ethyl adjacent to an activating group) is 1. The summed E-state index contributed by atoms with van der Waals surface area (Å²) < 4.78 is 5.43. The van der Waals surface area contributed by atoms with Crippen molar-refractivity contribution >= 4 is 0 Å². The maximum atomic E-state index is 5.43. The number of pyridine rings is 1. The lowest BCUT2D eigenvalue weighted by atomic mass is 10.2. The van der Waals surface area contributed by atoms with E-state index < -0.39 is 0 Å². The molecule has 1 atom stereocenters. The fraction of sp³-hybridized carbons (Fsp3) is 0.667. The zero-order valence-electron chi connectivity index (χ0n) is 12.1. The first-order chi connectivity index (χ1) is 9.29. The van der Waals surface area contributed by atoms with Crippen molar-refractivity contribution in [2.75, 3.05) is 26.8 Å². The molecule has 0 aromatic carbocycles. The minimum Gasteiger partial charge on any atom is -0.380 e. The Kier molecular flexibility index (Phi) is 5.76. The Hall–Kier alpha value is -0.970. The van der Waals surface area contributed by atoms with E-state index in [1.54, 1.807) is 0 Å². The lowest BCUT2D eigenvalue weighted by Gasteiger charge is -2.22. The van der Waals surface area contributed by atoms with Crippen molar-refractivity contribution in [2.45, 2.75) is 38.9 Å². The molecule has 0 radical (unpaired) electrons. The molecule has 19 heavy (non-hydrogen) atoms. The summed E-state index contributed by atoms with van der Waals surface area (Å²) in [4.78, 5) is 7.06. The first-order valence-electron chi connectivity index (χ1n) is 7.23. The predicted octanol–water partition coefficient (Wildman–Crippen LogP) is 1.80. The van der Waals surface area contributed by atoms with Crippen molar-refractivity contribution in [3.63, 3.8) is 0 Å². The fourth-order valence-corrected chi connectivity index (χ4v) is 2.36. The standard InChI is InChI=1S/C15H25N3O/c1-3-8-16-10-13-5-4-6-14(17-13)11-18(2)15-7-9-19-12-15/h4-6,15-16H,3,7-12H2,1-2H3. The van der Waals surface area contributed by atoms with E-state index in [1.165, 1.54) is 0 Å². The van der Waals surface area contributed by atoms with Crippen LogP contribution < -0.4 is 5.32 Å². The van der Waals surface area contributed by atoms with Crippen LogP contribution in [0.4, 0.5) is 0 Å².